The lowest BCUT2D eigenvalue weighted by Gasteiger charge is -2.57. The molecule has 2 fully saturated rings. The zero-order valence-corrected chi connectivity index (χ0v) is 16.5. The Kier molecular flexibility index (Phi) is 3.86. The summed E-state index contributed by atoms with van der Waals surface area (Å²) in [5.74, 6) is 2.33. The van der Waals surface area contributed by atoms with E-state index in [1.807, 2.05) is 18.5 Å². The molecule has 0 spiro atoms. The summed E-state index contributed by atoms with van der Waals surface area (Å²) in [6.07, 6.45) is 15.5. The van der Waals surface area contributed by atoms with Crippen molar-refractivity contribution in [3.05, 3.63) is 47.8 Å². The van der Waals surface area contributed by atoms with Crippen LogP contribution in [0.1, 0.15) is 57.9 Å². The molecule has 0 radical (unpaired) electrons. The number of aromatic nitrogens is 1. The van der Waals surface area contributed by atoms with Crippen molar-refractivity contribution in [2.75, 3.05) is 6.54 Å². The Morgan fingerprint density at radius 3 is 2.85 bits per heavy atom. The molecule has 142 valence electrons. The number of rotatable bonds is 1. The van der Waals surface area contributed by atoms with Crippen molar-refractivity contribution < 1.29 is 4.79 Å². The van der Waals surface area contributed by atoms with Gasteiger partial charge in [-0.15, -0.1) is 0 Å². The number of fused-ring (bicyclic) bond motifs is 5. The Morgan fingerprint density at radius 1 is 1.15 bits per heavy atom. The van der Waals surface area contributed by atoms with Crippen LogP contribution in [0.15, 0.2) is 42.3 Å². The maximum Gasteiger partial charge on any atom is 0.243 e. The molecule has 1 aromatic heterocycles. The average Bonchev–Trinajstić information content (AvgIpc) is 2.93. The summed E-state index contributed by atoms with van der Waals surface area (Å²) in [7, 11) is 0. The van der Waals surface area contributed by atoms with Gasteiger partial charge in [0, 0.05) is 25.0 Å². The fraction of sp³-hybridized carbons (Fsp3) is 0.583. The number of nitrogens with one attached hydrogen (secondary N) is 1. The largest absolute Gasteiger partial charge is 0.353 e. The molecule has 0 aromatic carbocycles. The zero-order chi connectivity index (χ0) is 18.6. The average molecular weight is 363 g/mol. The molecule has 1 N–H and O–H groups in total. The molecule has 3 heteroatoms. The minimum Gasteiger partial charge on any atom is -0.353 e. The van der Waals surface area contributed by atoms with Gasteiger partial charge >= 0.3 is 0 Å². The zero-order valence-electron chi connectivity index (χ0n) is 16.5. The smallest absolute Gasteiger partial charge is 0.243 e. The highest BCUT2D eigenvalue weighted by Crippen LogP contribution is 2.66. The van der Waals surface area contributed by atoms with Gasteiger partial charge in [-0.05, 0) is 84.3 Å². The second-order valence-corrected chi connectivity index (χ2v) is 9.59. The summed E-state index contributed by atoms with van der Waals surface area (Å²) in [6.45, 7) is 5.77. The third kappa shape index (κ3) is 2.47. The SMILES string of the molecule is CC12CCNC(=O)C=C1CCC1C2CCC2(C)C(c3cccnc3)=CCC12. The van der Waals surface area contributed by atoms with Gasteiger partial charge in [-0.25, -0.2) is 0 Å². The molecule has 0 saturated heterocycles. The van der Waals surface area contributed by atoms with Crippen LogP contribution in [0, 0.1) is 28.6 Å². The molecule has 2 saturated carbocycles. The first kappa shape index (κ1) is 17.2. The number of nitrogens with zero attached hydrogens (tertiary/aromatic N) is 1. The van der Waals surface area contributed by atoms with Crippen LogP contribution in [-0.2, 0) is 4.79 Å². The third-order valence-electron chi connectivity index (χ3n) is 8.54. The van der Waals surface area contributed by atoms with Crippen LogP contribution < -0.4 is 5.32 Å². The highest BCUT2D eigenvalue weighted by atomic mass is 16.1. The Hall–Kier alpha value is -1.90. The minimum atomic E-state index is 0.120. The van der Waals surface area contributed by atoms with Gasteiger partial charge in [0.2, 0.25) is 5.91 Å². The van der Waals surface area contributed by atoms with Crippen molar-refractivity contribution in [2.24, 2.45) is 28.6 Å². The van der Waals surface area contributed by atoms with E-state index in [1.54, 1.807) is 0 Å². The van der Waals surface area contributed by atoms with Gasteiger partial charge in [-0.2, -0.15) is 0 Å². The fourth-order valence-corrected chi connectivity index (χ4v) is 7.10. The van der Waals surface area contributed by atoms with Gasteiger partial charge in [0.1, 0.15) is 0 Å². The monoisotopic (exact) mass is 362 g/mol. The number of carbonyl (C=O) groups is 1. The molecule has 1 amide bonds. The Morgan fingerprint density at radius 2 is 2.04 bits per heavy atom. The van der Waals surface area contributed by atoms with E-state index in [0.29, 0.717) is 5.92 Å². The van der Waals surface area contributed by atoms with Gasteiger partial charge < -0.3 is 5.32 Å². The van der Waals surface area contributed by atoms with Crippen molar-refractivity contribution in [1.29, 1.82) is 0 Å². The van der Waals surface area contributed by atoms with E-state index in [2.05, 4.69) is 42.4 Å². The molecule has 0 bridgehead atoms. The van der Waals surface area contributed by atoms with Gasteiger partial charge in [-0.1, -0.05) is 31.6 Å². The predicted octanol–water partition coefficient (Wildman–Crippen LogP) is 4.76. The van der Waals surface area contributed by atoms with E-state index >= 15 is 0 Å². The molecule has 2 heterocycles. The summed E-state index contributed by atoms with van der Waals surface area (Å²) in [6, 6.07) is 4.29. The highest BCUT2D eigenvalue weighted by Gasteiger charge is 2.56. The van der Waals surface area contributed by atoms with Gasteiger partial charge in [0.25, 0.3) is 0 Å². The van der Waals surface area contributed by atoms with Gasteiger partial charge in [0.15, 0.2) is 0 Å². The first-order valence-corrected chi connectivity index (χ1v) is 10.6. The fourth-order valence-electron chi connectivity index (χ4n) is 7.10. The highest BCUT2D eigenvalue weighted by molar-refractivity contribution is 5.88. The number of hydrogen-bond acceptors (Lipinski definition) is 2. The number of allylic oxidation sites excluding steroid dienone is 3. The van der Waals surface area contributed by atoms with Crippen molar-refractivity contribution >= 4 is 11.5 Å². The summed E-state index contributed by atoms with van der Waals surface area (Å²) in [4.78, 5) is 16.4. The van der Waals surface area contributed by atoms with Crippen molar-refractivity contribution in [3.8, 4) is 0 Å². The number of carbonyl (C=O) groups excluding carboxylic acids is 1. The van der Waals surface area contributed by atoms with Crippen molar-refractivity contribution in [2.45, 2.75) is 52.4 Å². The quantitative estimate of drug-likeness (QED) is 0.782. The number of hydrogen-bond donors (Lipinski definition) is 1. The van der Waals surface area contributed by atoms with Crippen molar-refractivity contribution in [3.63, 3.8) is 0 Å². The van der Waals surface area contributed by atoms with Crippen LogP contribution in [0.25, 0.3) is 5.57 Å². The Labute approximate surface area is 162 Å². The number of pyridine rings is 1. The van der Waals surface area contributed by atoms with Gasteiger partial charge in [-0.3, -0.25) is 9.78 Å². The lowest BCUT2D eigenvalue weighted by Crippen LogP contribution is -2.49. The van der Waals surface area contributed by atoms with E-state index < -0.39 is 0 Å². The summed E-state index contributed by atoms with van der Waals surface area (Å²) in [5, 5.41) is 3.07. The molecule has 3 aliphatic carbocycles. The summed E-state index contributed by atoms with van der Waals surface area (Å²) >= 11 is 0. The summed E-state index contributed by atoms with van der Waals surface area (Å²) < 4.78 is 0. The molecule has 27 heavy (non-hydrogen) atoms. The molecular formula is C24H30N2O. The van der Waals surface area contributed by atoms with Crippen LogP contribution in [0.5, 0.6) is 0 Å². The molecule has 1 aliphatic heterocycles. The van der Waals surface area contributed by atoms with Gasteiger partial charge in [0.05, 0.1) is 0 Å². The van der Waals surface area contributed by atoms with Crippen LogP contribution in [-0.4, -0.2) is 17.4 Å². The summed E-state index contributed by atoms with van der Waals surface area (Å²) in [5.41, 5.74) is 4.73. The Balaban J connectivity index is 1.48. The first-order chi connectivity index (χ1) is 13.0. The number of amides is 1. The molecule has 4 aliphatic rings. The maximum atomic E-state index is 12.1. The topological polar surface area (TPSA) is 42.0 Å². The van der Waals surface area contributed by atoms with E-state index in [9.17, 15) is 4.79 Å². The van der Waals surface area contributed by atoms with E-state index in [-0.39, 0.29) is 16.7 Å². The minimum absolute atomic E-state index is 0.120. The molecular weight excluding hydrogens is 332 g/mol. The van der Waals surface area contributed by atoms with Crippen LogP contribution in [0.4, 0.5) is 0 Å². The lowest BCUT2D eigenvalue weighted by molar-refractivity contribution is -0.116. The predicted molar refractivity (Wildman–Crippen MR) is 108 cm³/mol. The third-order valence-corrected chi connectivity index (χ3v) is 8.54. The first-order valence-electron chi connectivity index (χ1n) is 10.6. The second-order valence-electron chi connectivity index (χ2n) is 9.59. The lowest BCUT2D eigenvalue weighted by atomic mass is 9.47. The molecule has 1 aromatic rings. The molecule has 5 atom stereocenters. The second kappa shape index (κ2) is 6.05. The maximum absolute atomic E-state index is 12.1. The van der Waals surface area contributed by atoms with Crippen LogP contribution in [0.2, 0.25) is 0 Å². The van der Waals surface area contributed by atoms with Crippen LogP contribution >= 0.6 is 0 Å². The molecule has 5 rings (SSSR count). The molecule has 5 unspecified atom stereocenters. The van der Waals surface area contributed by atoms with E-state index in [4.69, 9.17) is 0 Å². The molecule has 3 nitrogen and oxygen atoms in total. The van der Waals surface area contributed by atoms with Crippen molar-refractivity contribution in [1.82, 2.24) is 10.3 Å². The standard InChI is InChI=1S/C24H30N2O/c1-23-11-13-26-22(27)14-17(23)5-6-18-20-8-7-19(16-4-3-12-25-15-16)24(20,2)10-9-21(18)23/h3-4,7,12,14-15,18,20-21H,5-6,8-11,13H2,1-2H3,(H,26,27). The normalized spacial score (nSPS) is 40.7. The van der Waals surface area contributed by atoms with E-state index in [1.165, 1.54) is 42.4 Å². The van der Waals surface area contributed by atoms with Crippen LogP contribution in [0.3, 0.4) is 0 Å². The van der Waals surface area contributed by atoms with E-state index in [0.717, 1.165) is 31.2 Å². The Bertz CT molecular complexity index is 826.